The quantitative estimate of drug-likeness (QED) is 0.156. The average Bonchev–Trinajstić information content (AvgIpc) is 1.97. The highest BCUT2D eigenvalue weighted by molar-refractivity contribution is 6.36. The number of nitrogens with zero attached hydrogens (tertiary/aromatic N) is 2. The van der Waals surface area contributed by atoms with Crippen LogP contribution in [0.25, 0.3) is 187 Å². The molecular weight excluding hydrogens is 1020 g/mol. The van der Waals surface area contributed by atoms with Crippen LogP contribution in [-0.2, 0) is 0 Å². The first-order valence-corrected chi connectivity index (χ1v) is 28.7. The predicted molar refractivity (Wildman–Crippen MR) is 352 cm³/mol. The van der Waals surface area contributed by atoms with E-state index in [4.69, 9.17) is 18.8 Å². The molecule has 4 heterocycles. The molecule has 0 amide bonds. The van der Waals surface area contributed by atoms with Crippen LogP contribution in [-0.4, -0.2) is 9.97 Å². The number of furan rings is 2. The van der Waals surface area contributed by atoms with Crippen molar-refractivity contribution in [2.75, 3.05) is 0 Å². The largest absolute Gasteiger partial charge is 0.455 e. The van der Waals surface area contributed by atoms with E-state index in [1.165, 1.54) is 10.9 Å². The van der Waals surface area contributed by atoms with Crippen molar-refractivity contribution >= 4 is 120 Å². The van der Waals surface area contributed by atoms with Crippen molar-refractivity contribution in [2.24, 2.45) is 0 Å². The number of para-hydroxylation sites is 1. The van der Waals surface area contributed by atoms with Crippen molar-refractivity contribution < 1.29 is 8.83 Å². The molecular formula is C80H46N2O2. The Kier molecular flexibility index (Phi) is 10.1. The van der Waals surface area contributed by atoms with Gasteiger partial charge in [0, 0.05) is 54.2 Å². The fraction of sp³-hybridized carbons (Fsp3) is 0. The second-order valence-corrected chi connectivity index (χ2v) is 22.2. The first kappa shape index (κ1) is 46.5. The van der Waals surface area contributed by atoms with Crippen LogP contribution in [0.3, 0.4) is 0 Å². The molecule has 84 heavy (non-hydrogen) atoms. The van der Waals surface area contributed by atoms with Gasteiger partial charge < -0.3 is 8.83 Å². The molecule has 0 aliphatic carbocycles. The number of fused-ring (bicyclic) bond motifs is 21. The van der Waals surface area contributed by atoms with Crippen LogP contribution in [0.5, 0.6) is 0 Å². The van der Waals surface area contributed by atoms with Crippen molar-refractivity contribution in [3.63, 3.8) is 0 Å². The molecule has 0 aliphatic rings. The zero-order valence-corrected chi connectivity index (χ0v) is 45.3. The number of benzene rings is 14. The molecule has 0 saturated heterocycles. The molecule has 0 radical (unpaired) electrons. The lowest BCUT2D eigenvalue weighted by Crippen LogP contribution is -1.93. The minimum atomic E-state index is 0.843. The fourth-order valence-electron chi connectivity index (χ4n) is 13.7. The zero-order chi connectivity index (χ0) is 55.0. The molecule has 18 aromatic rings. The van der Waals surface area contributed by atoms with E-state index in [1.54, 1.807) is 0 Å². The lowest BCUT2D eigenvalue weighted by Gasteiger charge is -2.15. The van der Waals surface area contributed by atoms with Gasteiger partial charge in [0.05, 0.1) is 33.2 Å². The number of hydrogen-bond donors (Lipinski definition) is 0. The third-order valence-electron chi connectivity index (χ3n) is 17.5. The van der Waals surface area contributed by atoms with Gasteiger partial charge in [-0.05, 0) is 125 Å². The van der Waals surface area contributed by atoms with E-state index in [2.05, 4.69) is 273 Å². The van der Waals surface area contributed by atoms with E-state index in [0.29, 0.717) is 0 Å². The van der Waals surface area contributed by atoms with Gasteiger partial charge in [0.15, 0.2) is 0 Å². The minimum Gasteiger partial charge on any atom is -0.455 e. The van der Waals surface area contributed by atoms with Gasteiger partial charge in [0.2, 0.25) is 0 Å². The Morgan fingerprint density at radius 1 is 0.214 bits per heavy atom. The Bertz CT molecular complexity index is 5740. The SMILES string of the molecule is c1ccc(-c2cc(-c3ccccc3)cc(-c3nc4c5ccccc5c5c6cc(-c7ccc8c(-c9cccc(-c%10nc%11c%12ccccc%12c%12c%13ccccc%13oc%12c%11c%11ccccc%10%11)c9)cccc8c7)ccc6oc5c4c4ccccc34)c2)cc1. The van der Waals surface area contributed by atoms with Gasteiger partial charge in [-0.15, -0.1) is 0 Å². The molecule has 4 aromatic heterocycles. The van der Waals surface area contributed by atoms with Crippen LogP contribution in [0.15, 0.2) is 288 Å². The maximum Gasteiger partial charge on any atom is 0.146 e. The summed E-state index contributed by atoms with van der Waals surface area (Å²) in [5, 5.41) is 17.7. The van der Waals surface area contributed by atoms with Crippen LogP contribution < -0.4 is 0 Å². The van der Waals surface area contributed by atoms with Crippen LogP contribution in [0.1, 0.15) is 0 Å². The summed E-state index contributed by atoms with van der Waals surface area (Å²) in [4.78, 5) is 11.3. The van der Waals surface area contributed by atoms with Gasteiger partial charge in [-0.1, -0.05) is 231 Å². The summed E-state index contributed by atoms with van der Waals surface area (Å²) in [7, 11) is 0. The predicted octanol–water partition coefficient (Wildman–Crippen LogP) is 22.3. The second kappa shape index (κ2) is 18.2. The van der Waals surface area contributed by atoms with Gasteiger partial charge in [0.25, 0.3) is 0 Å². The van der Waals surface area contributed by atoms with Crippen LogP contribution in [0.4, 0.5) is 0 Å². The molecule has 0 fully saturated rings. The third-order valence-corrected chi connectivity index (χ3v) is 17.5. The van der Waals surface area contributed by atoms with Crippen LogP contribution >= 0.6 is 0 Å². The van der Waals surface area contributed by atoms with Crippen molar-refractivity contribution in [1.29, 1.82) is 0 Å². The van der Waals surface area contributed by atoms with Gasteiger partial charge in [0.1, 0.15) is 22.3 Å². The summed E-state index contributed by atoms with van der Waals surface area (Å²) in [6.07, 6.45) is 0. The molecule has 0 saturated carbocycles. The first-order valence-electron chi connectivity index (χ1n) is 28.7. The minimum absolute atomic E-state index is 0.843. The standard InChI is InChI=1S/C80H46N2O2/c1-3-19-47(20-4-1)54-43-55(48-21-5-2-6-22-48)45-56(44-54)76-64-31-12-10-29-62(64)74-78(82-76)66-33-14-8-27-60(66)72-68-46-50(38-40-70(68)84-80(72)74)49-37-39-58-51(41-49)24-18-35-57(58)52-23-17-25-53(42-52)75-63-30-11-9-28-61(63)73-77(81-75)65-32-13-7-26-59(65)71-67-34-15-16-36-69(67)83-79(71)73/h1-46H. The number of hydrogen-bond acceptors (Lipinski definition) is 4. The van der Waals surface area contributed by atoms with E-state index in [9.17, 15) is 0 Å². The molecule has 4 heteroatoms. The average molecular weight is 1070 g/mol. The zero-order valence-electron chi connectivity index (χ0n) is 45.3. The van der Waals surface area contributed by atoms with E-state index >= 15 is 0 Å². The maximum atomic E-state index is 7.09. The number of aromatic nitrogens is 2. The highest BCUT2D eigenvalue weighted by atomic mass is 16.3. The molecule has 388 valence electrons. The van der Waals surface area contributed by atoms with Crippen molar-refractivity contribution in [2.45, 2.75) is 0 Å². The van der Waals surface area contributed by atoms with E-state index in [-0.39, 0.29) is 0 Å². The highest BCUT2D eigenvalue weighted by Gasteiger charge is 2.24. The van der Waals surface area contributed by atoms with E-state index < -0.39 is 0 Å². The lowest BCUT2D eigenvalue weighted by molar-refractivity contribution is 0.672. The Morgan fingerprint density at radius 2 is 0.643 bits per heavy atom. The van der Waals surface area contributed by atoms with Gasteiger partial charge in [-0.3, -0.25) is 0 Å². The third kappa shape index (κ3) is 7.01. The Hall–Kier alpha value is -11.2. The summed E-state index contributed by atoms with van der Waals surface area (Å²) in [5.41, 5.74) is 18.5. The van der Waals surface area contributed by atoms with Crippen LogP contribution in [0.2, 0.25) is 0 Å². The molecule has 0 atom stereocenters. The summed E-state index contributed by atoms with van der Waals surface area (Å²) < 4.78 is 13.8. The molecule has 4 nitrogen and oxygen atoms in total. The summed E-state index contributed by atoms with van der Waals surface area (Å²) >= 11 is 0. The van der Waals surface area contributed by atoms with Gasteiger partial charge in [-0.25, -0.2) is 9.97 Å². The Morgan fingerprint density at radius 3 is 1.26 bits per heavy atom. The van der Waals surface area contributed by atoms with Crippen molar-refractivity contribution in [3.05, 3.63) is 279 Å². The van der Waals surface area contributed by atoms with Crippen molar-refractivity contribution in [3.8, 4) is 67.0 Å². The maximum absolute atomic E-state index is 7.09. The Balaban J connectivity index is 0.764. The van der Waals surface area contributed by atoms with E-state index in [0.717, 1.165) is 176 Å². The van der Waals surface area contributed by atoms with Gasteiger partial charge >= 0.3 is 0 Å². The summed E-state index contributed by atoms with van der Waals surface area (Å²) in [6, 6.07) is 100. The summed E-state index contributed by atoms with van der Waals surface area (Å²) in [5.74, 6) is 0. The molecule has 0 N–H and O–H groups in total. The monoisotopic (exact) mass is 1070 g/mol. The lowest BCUT2D eigenvalue weighted by atomic mass is 9.91. The van der Waals surface area contributed by atoms with Crippen LogP contribution in [0, 0.1) is 0 Å². The molecule has 0 bridgehead atoms. The molecule has 18 rings (SSSR count). The first-order chi connectivity index (χ1) is 41.6. The highest BCUT2D eigenvalue weighted by Crippen LogP contribution is 2.48. The Labute approximate surface area is 481 Å². The normalized spacial score (nSPS) is 12.0. The molecule has 0 aliphatic heterocycles. The van der Waals surface area contributed by atoms with Crippen molar-refractivity contribution in [1.82, 2.24) is 9.97 Å². The fourth-order valence-corrected chi connectivity index (χ4v) is 13.7. The van der Waals surface area contributed by atoms with Gasteiger partial charge in [-0.2, -0.15) is 0 Å². The second-order valence-electron chi connectivity index (χ2n) is 22.2. The molecule has 14 aromatic carbocycles. The van der Waals surface area contributed by atoms with E-state index in [1.807, 2.05) is 6.07 Å². The number of pyridine rings is 2. The smallest absolute Gasteiger partial charge is 0.146 e. The molecule has 0 spiro atoms. The summed E-state index contributed by atoms with van der Waals surface area (Å²) in [6.45, 7) is 0. The molecule has 0 unspecified atom stereocenters. The number of rotatable bonds is 6. The topological polar surface area (TPSA) is 52.1 Å².